The monoisotopic (exact) mass is 411 g/mol. The van der Waals surface area contributed by atoms with Gasteiger partial charge in [-0.2, -0.15) is 0 Å². The first kappa shape index (κ1) is 18.6. The molecule has 2 rings (SSSR count). The van der Waals surface area contributed by atoms with Gasteiger partial charge < -0.3 is 14.8 Å². The maximum absolute atomic E-state index is 12.0. The van der Waals surface area contributed by atoms with Gasteiger partial charge in [-0.25, -0.2) is 0 Å². The Morgan fingerprint density at radius 2 is 2.04 bits per heavy atom. The van der Waals surface area contributed by atoms with Crippen molar-refractivity contribution in [2.45, 2.75) is 19.8 Å². The van der Waals surface area contributed by atoms with Gasteiger partial charge in [-0.3, -0.25) is 4.79 Å². The summed E-state index contributed by atoms with van der Waals surface area (Å²) in [6, 6.07) is 12.4. The van der Waals surface area contributed by atoms with E-state index in [1.807, 2.05) is 18.2 Å². The van der Waals surface area contributed by atoms with Gasteiger partial charge in [-0.15, -0.1) is 0 Å². The van der Waals surface area contributed by atoms with Crippen molar-refractivity contribution in [3.63, 3.8) is 0 Å². The summed E-state index contributed by atoms with van der Waals surface area (Å²) in [6.07, 6.45) is 2.08. The van der Waals surface area contributed by atoms with Gasteiger partial charge in [0.1, 0.15) is 11.5 Å². The van der Waals surface area contributed by atoms with Crippen LogP contribution < -0.4 is 14.8 Å². The molecule has 1 N–H and O–H groups in total. The summed E-state index contributed by atoms with van der Waals surface area (Å²) in [4.78, 5) is 12.0. The van der Waals surface area contributed by atoms with Crippen molar-refractivity contribution in [2.75, 3.05) is 18.5 Å². The van der Waals surface area contributed by atoms with Crippen LogP contribution in [0.3, 0.4) is 0 Å². The standard InChI is InChI=1S/C18H19BrClNO3/c1-2-3-9-23-15-6-4-5-14(11-15)21-18(22)12-24-17-8-7-13(20)10-16(17)19/h4-8,10-11H,2-3,9,12H2,1H3,(H,21,22). The molecule has 0 fully saturated rings. The number of nitrogens with one attached hydrogen (secondary N) is 1. The van der Waals surface area contributed by atoms with Crippen LogP contribution in [-0.4, -0.2) is 19.1 Å². The first-order valence-electron chi connectivity index (χ1n) is 7.69. The second-order valence-electron chi connectivity index (χ2n) is 5.14. The lowest BCUT2D eigenvalue weighted by molar-refractivity contribution is -0.118. The third kappa shape index (κ3) is 6.06. The molecular formula is C18H19BrClNO3. The minimum Gasteiger partial charge on any atom is -0.494 e. The number of hydrogen-bond donors (Lipinski definition) is 1. The smallest absolute Gasteiger partial charge is 0.262 e. The van der Waals surface area contributed by atoms with Crippen LogP contribution in [0.25, 0.3) is 0 Å². The molecule has 24 heavy (non-hydrogen) atoms. The first-order valence-corrected chi connectivity index (χ1v) is 8.86. The number of benzene rings is 2. The lowest BCUT2D eigenvalue weighted by Gasteiger charge is -2.10. The minimum atomic E-state index is -0.248. The molecule has 2 aromatic rings. The number of halogens is 2. The van der Waals surface area contributed by atoms with Gasteiger partial charge in [0.2, 0.25) is 0 Å². The van der Waals surface area contributed by atoms with Crippen molar-refractivity contribution < 1.29 is 14.3 Å². The summed E-state index contributed by atoms with van der Waals surface area (Å²) in [5.41, 5.74) is 0.674. The Balaban J connectivity index is 1.86. The average Bonchev–Trinajstić information content (AvgIpc) is 2.55. The molecule has 0 atom stereocenters. The highest BCUT2D eigenvalue weighted by Gasteiger charge is 2.07. The quantitative estimate of drug-likeness (QED) is 0.599. The van der Waals surface area contributed by atoms with E-state index in [0.29, 0.717) is 27.5 Å². The first-order chi connectivity index (χ1) is 11.6. The van der Waals surface area contributed by atoms with Crippen molar-refractivity contribution in [2.24, 2.45) is 0 Å². The molecule has 0 aliphatic heterocycles. The second-order valence-corrected chi connectivity index (χ2v) is 6.43. The lowest BCUT2D eigenvalue weighted by atomic mass is 10.3. The number of unbranched alkanes of at least 4 members (excludes halogenated alkanes) is 1. The topological polar surface area (TPSA) is 47.6 Å². The fraction of sp³-hybridized carbons (Fsp3) is 0.278. The van der Waals surface area contributed by atoms with E-state index in [1.165, 1.54) is 0 Å². The molecule has 0 unspecified atom stereocenters. The molecule has 0 radical (unpaired) electrons. The van der Waals surface area contributed by atoms with Gasteiger partial charge in [0.25, 0.3) is 5.91 Å². The highest BCUT2D eigenvalue weighted by Crippen LogP contribution is 2.28. The fourth-order valence-electron chi connectivity index (χ4n) is 1.93. The number of hydrogen-bond acceptors (Lipinski definition) is 3. The van der Waals surface area contributed by atoms with Crippen LogP contribution in [0.15, 0.2) is 46.9 Å². The zero-order valence-corrected chi connectivity index (χ0v) is 15.7. The van der Waals surface area contributed by atoms with E-state index < -0.39 is 0 Å². The number of ether oxygens (including phenoxy) is 2. The molecule has 0 saturated heterocycles. The largest absolute Gasteiger partial charge is 0.494 e. The summed E-state index contributed by atoms with van der Waals surface area (Å²) in [6.45, 7) is 2.68. The van der Waals surface area contributed by atoms with Crippen LogP contribution in [0.2, 0.25) is 5.02 Å². The molecule has 0 spiro atoms. The molecule has 0 saturated carbocycles. The normalized spacial score (nSPS) is 10.3. The number of rotatable bonds is 8. The van der Waals surface area contributed by atoms with Gasteiger partial charge in [-0.1, -0.05) is 31.0 Å². The van der Waals surface area contributed by atoms with Crippen molar-refractivity contribution >= 4 is 39.1 Å². The summed E-state index contributed by atoms with van der Waals surface area (Å²) >= 11 is 9.22. The summed E-state index contributed by atoms with van der Waals surface area (Å²) < 4.78 is 11.8. The van der Waals surface area contributed by atoms with Crippen LogP contribution >= 0.6 is 27.5 Å². The molecule has 128 valence electrons. The van der Waals surface area contributed by atoms with Gasteiger partial charge in [-0.05, 0) is 52.7 Å². The third-order valence-corrected chi connectivity index (χ3v) is 3.99. The molecule has 1 amide bonds. The lowest BCUT2D eigenvalue weighted by Crippen LogP contribution is -2.20. The van der Waals surface area contributed by atoms with Crippen LogP contribution in [-0.2, 0) is 4.79 Å². The molecule has 0 aliphatic carbocycles. The highest BCUT2D eigenvalue weighted by atomic mass is 79.9. The highest BCUT2D eigenvalue weighted by molar-refractivity contribution is 9.10. The molecule has 0 aliphatic rings. The van der Waals surface area contributed by atoms with E-state index in [9.17, 15) is 4.79 Å². The Morgan fingerprint density at radius 1 is 1.21 bits per heavy atom. The Kier molecular flexibility index (Phi) is 7.40. The van der Waals surface area contributed by atoms with E-state index >= 15 is 0 Å². The van der Waals surface area contributed by atoms with Crippen molar-refractivity contribution in [3.8, 4) is 11.5 Å². The average molecular weight is 413 g/mol. The van der Waals surface area contributed by atoms with Crippen molar-refractivity contribution in [1.29, 1.82) is 0 Å². The number of carbonyl (C=O) groups is 1. The third-order valence-electron chi connectivity index (χ3n) is 3.14. The predicted octanol–water partition coefficient (Wildman–Crippen LogP) is 5.30. The Bertz CT molecular complexity index is 694. The molecule has 0 aromatic heterocycles. The number of carbonyl (C=O) groups excluding carboxylic acids is 1. The SMILES string of the molecule is CCCCOc1cccc(NC(=O)COc2ccc(Cl)cc2Br)c1. The Labute approximate surface area is 155 Å². The number of anilines is 1. The van der Waals surface area contributed by atoms with Crippen LogP contribution in [0, 0.1) is 0 Å². The fourth-order valence-corrected chi connectivity index (χ4v) is 2.73. The molecule has 6 heteroatoms. The van der Waals surface area contributed by atoms with Crippen LogP contribution in [0.5, 0.6) is 11.5 Å². The van der Waals surface area contributed by atoms with Gasteiger partial charge in [0, 0.05) is 16.8 Å². The van der Waals surface area contributed by atoms with E-state index in [4.69, 9.17) is 21.1 Å². The van der Waals surface area contributed by atoms with Gasteiger partial charge in [0.05, 0.1) is 11.1 Å². The number of amides is 1. The van der Waals surface area contributed by atoms with Gasteiger partial charge >= 0.3 is 0 Å². The molecule has 4 nitrogen and oxygen atoms in total. The Hall–Kier alpha value is -1.72. The van der Waals surface area contributed by atoms with Gasteiger partial charge in [0.15, 0.2) is 6.61 Å². The predicted molar refractivity (Wildman–Crippen MR) is 100 cm³/mol. The molecular weight excluding hydrogens is 394 g/mol. The molecule has 0 bridgehead atoms. The maximum Gasteiger partial charge on any atom is 0.262 e. The van der Waals surface area contributed by atoms with E-state index in [-0.39, 0.29) is 12.5 Å². The Morgan fingerprint density at radius 3 is 2.79 bits per heavy atom. The van der Waals surface area contributed by atoms with Crippen LogP contribution in [0.1, 0.15) is 19.8 Å². The maximum atomic E-state index is 12.0. The summed E-state index contributed by atoms with van der Waals surface area (Å²) in [7, 11) is 0. The van der Waals surface area contributed by atoms with Crippen molar-refractivity contribution in [1.82, 2.24) is 0 Å². The summed E-state index contributed by atoms with van der Waals surface area (Å²) in [5, 5.41) is 3.38. The molecule has 0 heterocycles. The van der Waals surface area contributed by atoms with E-state index in [1.54, 1.807) is 24.3 Å². The summed E-state index contributed by atoms with van der Waals surface area (Å²) in [5.74, 6) is 1.05. The molecule has 2 aromatic carbocycles. The van der Waals surface area contributed by atoms with Crippen LogP contribution in [0.4, 0.5) is 5.69 Å². The van der Waals surface area contributed by atoms with E-state index in [0.717, 1.165) is 18.6 Å². The second kappa shape index (κ2) is 9.55. The van der Waals surface area contributed by atoms with Crippen molar-refractivity contribution in [3.05, 3.63) is 52.0 Å². The van der Waals surface area contributed by atoms with E-state index in [2.05, 4.69) is 28.2 Å². The zero-order chi connectivity index (χ0) is 17.4. The minimum absolute atomic E-state index is 0.0961. The zero-order valence-electron chi connectivity index (χ0n) is 13.4.